The Morgan fingerprint density at radius 1 is 1.30 bits per heavy atom. The van der Waals surface area contributed by atoms with Crippen LogP contribution in [-0.4, -0.2) is 23.7 Å². The van der Waals surface area contributed by atoms with Crippen LogP contribution >= 0.6 is 11.3 Å². The molecule has 2 N–H and O–H groups in total. The molecular formula is C16H19NO2S. The molecule has 0 bridgehead atoms. The van der Waals surface area contributed by atoms with Crippen LogP contribution in [0.25, 0.3) is 11.1 Å². The topological polar surface area (TPSA) is 49.3 Å². The maximum Gasteiger partial charge on any atom is 0.262 e. The molecule has 0 aliphatic heterocycles. The van der Waals surface area contributed by atoms with E-state index in [1.54, 1.807) is 0 Å². The maximum atomic E-state index is 12.3. The minimum atomic E-state index is -0.0727. The Hall–Kier alpha value is -1.65. The summed E-state index contributed by atoms with van der Waals surface area (Å²) in [7, 11) is 0. The SMILES string of the molecule is Cc1ccc(-c2ccsc2C(=O)NC(C)CCO)cc1. The average molecular weight is 289 g/mol. The lowest BCUT2D eigenvalue weighted by molar-refractivity contribution is 0.0939. The molecule has 3 nitrogen and oxygen atoms in total. The lowest BCUT2D eigenvalue weighted by Crippen LogP contribution is -2.32. The standard InChI is InChI=1S/C16H19NO2S/c1-11-3-5-13(6-4-11)14-8-10-20-15(14)16(19)17-12(2)7-9-18/h3-6,8,10,12,18H,7,9H2,1-2H3,(H,17,19). The lowest BCUT2D eigenvalue weighted by atomic mass is 10.0. The minimum absolute atomic E-state index is 0.0273. The molecule has 2 rings (SSSR count). The summed E-state index contributed by atoms with van der Waals surface area (Å²) in [6.45, 7) is 4.02. The molecule has 0 aliphatic rings. The summed E-state index contributed by atoms with van der Waals surface area (Å²) in [5, 5.41) is 13.7. The van der Waals surface area contributed by atoms with Crippen LogP contribution in [0.5, 0.6) is 0 Å². The Balaban J connectivity index is 2.20. The van der Waals surface area contributed by atoms with Crippen LogP contribution in [0.15, 0.2) is 35.7 Å². The second kappa shape index (κ2) is 6.68. The number of benzene rings is 1. The fourth-order valence-electron chi connectivity index (χ4n) is 2.00. The van der Waals surface area contributed by atoms with Crippen molar-refractivity contribution >= 4 is 17.2 Å². The summed E-state index contributed by atoms with van der Waals surface area (Å²) in [4.78, 5) is 13.0. The molecule has 1 unspecified atom stereocenters. The average Bonchev–Trinajstić information content (AvgIpc) is 2.89. The van der Waals surface area contributed by atoms with Crippen molar-refractivity contribution in [3.8, 4) is 11.1 Å². The van der Waals surface area contributed by atoms with Crippen molar-refractivity contribution < 1.29 is 9.90 Å². The first-order valence-electron chi connectivity index (χ1n) is 6.68. The maximum absolute atomic E-state index is 12.3. The molecule has 0 fully saturated rings. The van der Waals surface area contributed by atoms with Crippen molar-refractivity contribution in [2.75, 3.05) is 6.61 Å². The van der Waals surface area contributed by atoms with Crippen LogP contribution in [0, 0.1) is 6.92 Å². The molecule has 1 heterocycles. The van der Waals surface area contributed by atoms with Crippen molar-refractivity contribution in [1.29, 1.82) is 0 Å². The zero-order chi connectivity index (χ0) is 14.5. The monoisotopic (exact) mass is 289 g/mol. The van der Waals surface area contributed by atoms with Gasteiger partial charge >= 0.3 is 0 Å². The van der Waals surface area contributed by atoms with Gasteiger partial charge in [0.15, 0.2) is 0 Å². The van der Waals surface area contributed by atoms with Crippen LogP contribution in [0.2, 0.25) is 0 Å². The van der Waals surface area contributed by atoms with Gasteiger partial charge in [0.25, 0.3) is 5.91 Å². The van der Waals surface area contributed by atoms with Crippen molar-refractivity contribution in [3.63, 3.8) is 0 Å². The van der Waals surface area contributed by atoms with Crippen molar-refractivity contribution in [3.05, 3.63) is 46.2 Å². The number of amides is 1. The third-order valence-electron chi connectivity index (χ3n) is 3.17. The summed E-state index contributed by atoms with van der Waals surface area (Å²) >= 11 is 1.44. The Morgan fingerprint density at radius 2 is 2.00 bits per heavy atom. The van der Waals surface area contributed by atoms with Gasteiger partial charge in [0.1, 0.15) is 0 Å². The van der Waals surface area contributed by atoms with Gasteiger partial charge in [-0.25, -0.2) is 0 Å². The Labute approximate surface area is 123 Å². The molecule has 1 aromatic carbocycles. The first-order valence-corrected chi connectivity index (χ1v) is 7.56. The quantitative estimate of drug-likeness (QED) is 0.888. The van der Waals surface area contributed by atoms with Gasteiger partial charge < -0.3 is 10.4 Å². The van der Waals surface area contributed by atoms with E-state index < -0.39 is 0 Å². The van der Waals surface area contributed by atoms with Gasteiger partial charge in [-0.3, -0.25) is 4.79 Å². The number of aliphatic hydroxyl groups is 1. The highest BCUT2D eigenvalue weighted by Gasteiger charge is 2.16. The second-order valence-electron chi connectivity index (χ2n) is 4.92. The smallest absolute Gasteiger partial charge is 0.262 e. The zero-order valence-electron chi connectivity index (χ0n) is 11.7. The summed E-state index contributed by atoms with van der Waals surface area (Å²) in [5.74, 6) is -0.0727. The molecule has 1 atom stereocenters. The normalized spacial score (nSPS) is 12.2. The first kappa shape index (κ1) is 14.8. The molecule has 0 saturated heterocycles. The number of carbonyl (C=O) groups is 1. The van der Waals surface area contributed by atoms with E-state index in [-0.39, 0.29) is 18.6 Å². The third kappa shape index (κ3) is 3.46. The molecule has 0 spiro atoms. The lowest BCUT2D eigenvalue weighted by Gasteiger charge is -2.12. The van der Waals surface area contributed by atoms with Crippen LogP contribution in [0.1, 0.15) is 28.6 Å². The minimum Gasteiger partial charge on any atom is -0.396 e. The van der Waals surface area contributed by atoms with E-state index in [1.807, 2.05) is 49.6 Å². The molecule has 106 valence electrons. The second-order valence-corrected chi connectivity index (χ2v) is 5.83. The number of thiophene rings is 1. The molecular weight excluding hydrogens is 270 g/mol. The van der Waals surface area contributed by atoms with E-state index in [2.05, 4.69) is 5.32 Å². The number of hydrogen-bond acceptors (Lipinski definition) is 3. The van der Waals surface area contributed by atoms with Crippen LogP contribution in [-0.2, 0) is 0 Å². The number of aliphatic hydroxyl groups excluding tert-OH is 1. The van der Waals surface area contributed by atoms with Gasteiger partial charge in [-0.2, -0.15) is 0 Å². The zero-order valence-corrected chi connectivity index (χ0v) is 12.5. The van der Waals surface area contributed by atoms with E-state index in [1.165, 1.54) is 16.9 Å². The Bertz CT molecular complexity index is 574. The van der Waals surface area contributed by atoms with Crippen molar-refractivity contribution in [2.24, 2.45) is 0 Å². The number of hydrogen-bond donors (Lipinski definition) is 2. The first-order chi connectivity index (χ1) is 9.61. The summed E-state index contributed by atoms with van der Waals surface area (Å²) in [6.07, 6.45) is 0.566. The highest BCUT2D eigenvalue weighted by molar-refractivity contribution is 7.12. The van der Waals surface area contributed by atoms with E-state index in [9.17, 15) is 4.79 Å². The van der Waals surface area contributed by atoms with Gasteiger partial charge in [-0.15, -0.1) is 11.3 Å². The fraction of sp³-hybridized carbons (Fsp3) is 0.312. The van der Waals surface area contributed by atoms with E-state index in [0.29, 0.717) is 6.42 Å². The molecule has 0 saturated carbocycles. The number of rotatable bonds is 5. The summed E-state index contributed by atoms with van der Waals surface area (Å²) in [5.41, 5.74) is 3.21. The Kier molecular flexibility index (Phi) is 4.93. The summed E-state index contributed by atoms with van der Waals surface area (Å²) < 4.78 is 0. The molecule has 1 aromatic heterocycles. The van der Waals surface area contributed by atoms with Gasteiger partial charge in [-0.1, -0.05) is 29.8 Å². The van der Waals surface area contributed by atoms with Gasteiger partial charge in [-0.05, 0) is 37.3 Å². The van der Waals surface area contributed by atoms with E-state index >= 15 is 0 Å². The van der Waals surface area contributed by atoms with Gasteiger partial charge in [0.05, 0.1) is 4.88 Å². The molecule has 1 amide bonds. The summed E-state index contributed by atoms with van der Waals surface area (Å²) in [6, 6.07) is 10.1. The number of carbonyl (C=O) groups excluding carboxylic acids is 1. The molecule has 2 aromatic rings. The van der Waals surface area contributed by atoms with E-state index in [4.69, 9.17) is 5.11 Å². The predicted molar refractivity (Wildman–Crippen MR) is 83.1 cm³/mol. The predicted octanol–water partition coefficient (Wildman–Crippen LogP) is 3.22. The third-order valence-corrected chi connectivity index (χ3v) is 4.09. The van der Waals surface area contributed by atoms with Gasteiger partial charge in [0.2, 0.25) is 0 Å². The largest absolute Gasteiger partial charge is 0.396 e. The van der Waals surface area contributed by atoms with Crippen LogP contribution in [0.4, 0.5) is 0 Å². The Morgan fingerprint density at radius 3 is 2.65 bits per heavy atom. The highest BCUT2D eigenvalue weighted by Crippen LogP contribution is 2.28. The number of nitrogens with one attached hydrogen (secondary N) is 1. The molecule has 0 aliphatic carbocycles. The van der Waals surface area contributed by atoms with Crippen molar-refractivity contribution in [1.82, 2.24) is 5.32 Å². The van der Waals surface area contributed by atoms with Gasteiger partial charge in [0, 0.05) is 18.2 Å². The fourth-order valence-corrected chi connectivity index (χ4v) is 2.82. The molecule has 20 heavy (non-hydrogen) atoms. The highest BCUT2D eigenvalue weighted by atomic mass is 32.1. The number of aryl methyl sites for hydroxylation is 1. The molecule has 4 heteroatoms. The van der Waals surface area contributed by atoms with E-state index in [0.717, 1.165) is 16.0 Å². The van der Waals surface area contributed by atoms with Crippen molar-refractivity contribution in [2.45, 2.75) is 26.3 Å². The van der Waals surface area contributed by atoms with Crippen LogP contribution in [0.3, 0.4) is 0 Å². The van der Waals surface area contributed by atoms with Crippen LogP contribution < -0.4 is 5.32 Å². The molecule has 0 radical (unpaired) electrons.